The van der Waals surface area contributed by atoms with Gasteiger partial charge in [-0.1, -0.05) is 17.7 Å². The molecule has 0 aliphatic heterocycles. The summed E-state index contributed by atoms with van der Waals surface area (Å²) in [6.45, 7) is 0. The van der Waals surface area contributed by atoms with E-state index in [1.54, 1.807) is 12.1 Å². The fourth-order valence-corrected chi connectivity index (χ4v) is 1.61. The van der Waals surface area contributed by atoms with Crippen LogP contribution >= 0.6 is 36.4 Å². The number of nitrogen functional groups attached to an aromatic ring is 2. The average Bonchev–Trinajstić information content (AvgIpc) is 2.22. The third-order valence-corrected chi connectivity index (χ3v) is 2.41. The van der Waals surface area contributed by atoms with Crippen LogP contribution in [0.4, 0.5) is 22.7 Å². The highest BCUT2D eigenvalue weighted by Crippen LogP contribution is 2.26. The Morgan fingerprint density at radius 3 is 2.28 bits per heavy atom. The topological polar surface area (TPSA) is 64.1 Å². The van der Waals surface area contributed by atoms with E-state index in [-0.39, 0.29) is 24.8 Å². The van der Waals surface area contributed by atoms with E-state index in [9.17, 15) is 0 Å². The fourth-order valence-electron chi connectivity index (χ4n) is 1.42. The van der Waals surface area contributed by atoms with E-state index < -0.39 is 0 Å². The summed E-state index contributed by atoms with van der Waals surface area (Å²) in [7, 11) is 0. The molecule has 18 heavy (non-hydrogen) atoms. The number of anilines is 4. The molecule has 3 nitrogen and oxygen atoms in total. The number of nitrogens with two attached hydrogens (primary N) is 2. The SMILES string of the molecule is Cl.Cl.Nc1ccc(Nc2cccc(Cl)c2)c(N)c1. The first-order valence-electron chi connectivity index (χ1n) is 4.83. The third-order valence-electron chi connectivity index (χ3n) is 2.18. The van der Waals surface area contributed by atoms with E-state index in [0.717, 1.165) is 11.4 Å². The molecule has 0 spiro atoms. The van der Waals surface area contributed by atoms with Gasteiger partial charge in [0.2, 0.25) is 0 Å². The van der Waals surface area contributed by atoms with Crippen molar-refractivity contribution >= 4 is 59.2 Å². The second kappa shape index (κ2) is 7.21. The molecular weight excluding hydrogens is 293 g/mol. The predicted molar refractivity (Wildman–Crippen MR) is 84.5 cm³/mol. The number of nitrogens with one attached hydrogen (secondary N) is 1. The highest BCUT2D eigenvalue weighted by molar-refractivity contribution is 6.30. The molecule has 0 radical (unpaired) electrons. The first kappa shape index (κ1) is 16.7. The second-order valence-corrected chi connectivity index (χ2v) is 3.92. The number of halogens is 3. The first-order chi connectivity index (χ1) is 7.65. The molecule has 0 unspecified atom stereocenters. The summed E-state index contributed by atoms with van der Waals surface area (Å²) in [4.78, 5) is 0. The van der Waals surface area contributed by atoms with E-state index in [2.05, 4.69) is 5.32 Å². The molecule has 98 valence electrons. The number of benzene rings is 2. The zero-order valence-corrected chi connectivity index (χ0v) is 11.8. The highest BCUT2D eigenvalue weighted by Gasteiger charge is 2.00. The maximum absolute atomic E-state index is 5.88. The Morgan fingerprint density at radius 2 is 1.67 bits per heavy atom. The maximum Gasteiger partial charge on any atom is 0.0619 e. The van der Waals surface area contributed by atoms with Crippen LogP contribution in [-0.2, 0) is 0 Å². The van der Waals surface area contributed by atoms with Crippen LogP contribution in [0.3, 0.4) is 0 Å². The van der Waals surface area contributed by atoms with Crippen molar-refractivity contribution in [1.29, 1.82) is 0 Å². The molecule has 0 atom stereocenters. The molecule has 2 rings (SSSR count). The van der Waals surface area contributed by atoms with Crippen molar-refractivity contribution in [3.8, 4) is 0 Å². The van der Waals surface area contributed by atoms with E-state index in [0.29, 0.717) is 16.4 Å². The molecule has 0 fully saturated rings. The van der Waals surface area contributed by atoms with Crippen molar-refractivity contribution in [2.75, 3.05) is 16.8 Å². The Bertz CT molecular complexity index is 518. The lowest BCUT2D eigenvalue weighted by atomic mass is 10.2. The Kier molecular flexibility index (Phi) is 6.70. The number of hydrogen-bond acceptors (Lipinski definition) is 3. The highest BCUT2D eigenvalue weighted by atomic mass is 35.5. The van der Waals surface area contributed by atoms with Gasteiger partial charge in [0.1, 0.15) is 0 Å². The largest absolute Gasteiger partial charge is 0.399 e. The smallest absolute Gasteiger partial charge is 0.0619 e. The van der Waals surface area contributed by atoms with Crippen LogP contribution in [0, 0.1) is 0 Å². The van der Waals surface area contributed by atoms with Crippen LogP contribution in [0.15, 0.2) is 42.5 Å². The van der Waals surface area contributed by atoms with Gasteiger partial charge in [-0.15, -0.1) is 24.8 Å². The zero-order valence-electron chi connectivity index (χ0n) is 9.39. The lowest BCUT2D eigenvalue weighted by Gasteiger charge is -2.09. The minimum atomic E-state index is 0. The Balaban J connectivity index is 0.00000144. The van der Waals surface area contributed by atoms with Crippen molar-refractivity contribution in [1.82, 2.24) is 0 Å². The van der Waals surface area contributed by atoms with Crippen LogP contribution in [0.1, 0.15) is 0 Å². The Morgan fingerprint density at radius 1 is 0.944 bits per heavy atom. The molecule has 0 heterocycles. The average molecular weight is 307 g/mol. The summed E-state index contributed by atoms with van der Waals surface area (Å²) in [5.41, 5.74) is 14.4. The lowest BCUT2D eigenvalue weighted by Crippen LogP contribution is -1.97. The van der Waals surface area contributed by atoms with E-state index >= 15 is 0 Å². The summed E-state index contributed by atoms with van der Waals surface area (Å²) in [6.07, 6.45) is 0. The molecule has 5 N–H and O–H groups in total. The fraction of sp³-hybridized carbons (Fsp3) is 0. The van der Waals surface area contributed by atoms with Crippen molar-refractivity contribution in [2.45, 2.75) is 0 Å². The maximum atomic E-state index is 5.88. The van der Waals surface area contributed by atoms with Gasteiger partial charge in [0.15, 0.2) is 0 Å². The zero-order chi connectivity index (χ0) is 11.5. The minimum Gasteiger partial charge on any atom is -0.399 e. The van der Waals surface area contributed by atoms with Gasteiger partial charge < -0.3 is 16.8 Å². The normalized spacial score (nSPS) is 8.94. The monoisotopic (exact) mass is 305 g/mol. The van der Waals surface area contributed by atoms with Gasteiger partial charge in [-0.3, -0.25) is 0 Å². The molecule has 6 heteroatoms. The quantitative estimate of drug-likeness (QED) is 0.732. The summed E-state index contributed by atoms with van der Waals surface area (Å²) < 4.78 is 0. The molecule has 0 saturated carbocycles. The predicted octanol–water partition coefficient (Wildman–Crippen LogP) is 4.09. The summed E-state index contributed by atoms with van der Waals surface area (Å²) in [5, 5.41) is 3.85. The van der Waals surface area contributed by atoms with Crippen LogP contribution in [0.25, 0.3) is 0 Å². The van der Waals surface area contributed by atoms with Gasteiger partial charge in [0.25, 0.3) is 0 Å². The van der Waals surface area contributed by atoms with Gasteiger partial charge in [0, 0.05) is 16.4 Å². The standard InChI is InChI=1S/C12H12ClN3.2ClH/c13-8-2-1-3-10(6-8)16-12-5-4-9(14)7-11(12)15;;/h1-7,16H,14-15H2;2*1H. The minimum absolute atomic E-state index is 0. The second-order valence-electron chi connectivity index (χ2n) is 3.48. The third kappa shape index (κ3) is 4.18. The van der Waals surface area contributed by atoms with Crippen LogP contribution in [0.5, 0.6) is 0 Å². The van der Waals surface area contributed by atoms with Crippen molar-refractivity contribution in [2.24, 2.45) is 0 Å². The van der Waals surface area contributed by atoms with Crippen LogP contribution < -0.4 is 16.8 Å². The van der Waals surface area contributed by atoms with E-state index in [1.807, 2.05) is 30.3 Å². The molecule has 2 aromatic carbocycles. The summed E-state index contributed by atoms with van der Waals surface area (Å²) in [6, 6.07) is 12.8. The molecule has 0 amide bonds. The molecular formula is C12H14Cl3N3. The van der Waals surface area contributed by atoms with Gasteiger partial charge >= 0.3 is 0 Å². The van der Waals surface area contributed by atoms with Gasteiger partial charge in [-0.2, -0.15) is 0 Å². The van der Waals surface area contributed by atoms with Crippen LogP contribution in [-0.4, -0.2) is 0 Å². The Labute approximate surface area is 123 Å². The van der Waals surface area contributed by atoms with Crippen LogP contribution in [0.2, 0.25) is 5.02 Å². The van der Waals surface area contributed by atoms with E-state index in [4.69, 9.17) is 23.1 Å². The molecule has 0 aromatic heterocycles. The lowest BCUT2D eigenvalue weighted by molar-refractivity contribution is 1.54. The molecule has 0 aliphatic carbocycles. The molecule has 0 bridgehead atoms. The van der Waals surface area contributed by atoms with Crippen molar-refractivity contribution < 1.29 is 0 Å². The van der Waals surface area contributed by atoms with Crippen molar-refractivity contribution in [3.05, 3.63) is 47.5 Å². The summed E-state index contributed by atoms with van der Waals surface area (Å²) in [5.74, 6) is 0. The molecule has 0 saturated heterocycles. The van der Waals surface area contributed by atoms with Gasteiger partial charge in [0.05, 0.1) is 11.4 Å². The number of rotatable bonds is 2. The first-order valence-corrected chi connectivity index (χ1v) is 5.20. The van der Waals surface area contributed by atoms with E-state index in [1.165, 1.54) is 0 Å². The van der Waals surface area contributed by atoms with Crippen molar-refractivity contribution in [3.63, 3.8) is 0 Å². The van der Waals surface area contributed by atoms with Gasteiger partial charge in [-0.25, -0.2) is 0 Å². The molecule has 0 aliphatic rings. The molecule has 2 aromatic rings. The summed E-state index contributed by atoms with van der Waals surface area (Å²) >= 11 is 5.88. The van der Waals surface area contributed by atoms with Gasteiger partial charge in [-0.05, 0) is 36.4 Å². The Hall–Kier alpha value is -1.29. The number of hydrogen-bond donors (Lipinski definition) is 3.